The Morgan fingerprint density at radius 2 is 1.87 bits per heavy atom. The average molecular weight is 410 g/mol. The van der Waals surface area contributed by atoms with Crippen LogP contribution in [0.5, 0.6) is 5.75 Å². The summed E-state index contributed by atoms with van der Waals surface area (Å²) in [5.74, 6) is 1.47. The van der Waals surface area contributed by atoms with Crippen molar-refractivity contribution in [3.63, 3.8) is 0 Å². The molecule has 1 N–H and O–H groups in total. The number of quaternary nitrogens is 1. The number of hydrogen-bond donors (Lipinski definition) is 1. The van der Waals surface area contributed by atoms with E-state index in [1.807, 2.05) is 25.2 Å². The summed E-state index contributed by atoms with van der Waals surface area (Å²) < 4.78 is 6.78. The molecule has 0 bridgehead atoms. The highest BCUT2D eigenvalue weighted by Gasteiger charge is 2.32. The summed E-state index contributed by atoms with van der Waals surface area (Å²) in [5.41, 5.74) is 3.52. The molecular formula is C25H33N2O3+. The molecule has 0 aliphatic carbocycles. The van der Waals surface area contributed by atoms with E-state index in [2.05, 4.69) is 37.4 Å². The first-order valence-electron chi connectivity index (χ1n) is 11.0. The van der Waals surface area contributed by atoms with Crippen molar-refractivity contribution in [2.45, 2.75) is 37.7 Å². The van der Waals surface area contributed by atoms with Gasteiger partial charge >= 0.3 is 0 Å². The van der Waals surface area contributed by atoms with Crippen LogP contribution in [0.2, 0.25) is 0 Å². The molecule has 2 aliphatic rings. The molecule has 1 fully saturated rings. The number of anilines is 1. The van der Waals surface area contributed by atoms with Crippen molar-refractivity contribution in [2.24, 2.45) is 0 Å². The number of hydrogen-bond acceptors (Lipinski definition) is 3. The van der Waals surface area contributed by atoms with Gasteiger partial charge in [0.2, 0.25) is 5.91 Å². The third-order valence-corrected chi connectivity index (χ3v) is 6.80. The number of carbonyl (C=O) groups excluding carboxylic acids is 1. The normalized spacial score (nSPS) is 25.0. The van der Waals surface area contributed by atoms with Crippen LogP contribution >= 0.6 is 0 Å². The third-order valence-electron chi connectivity index (χ3n) is 6.80. The van der Waals surface area contributed by atoms with Crippen molar-refractivity contribution in [2.75, 3.05) is 45.2 Å². The van der Waals surface area contributed by atoms with Gasteiger partial charge in [-0.3, -0.25) is 4.79 Å². The Morgan fingerprint density at radius 1 is 1.13 bits per heavy atom. The first kappa shape index (κ1) is 20.9. The van der Waals surface area contributed by atoms with Gasteiger partial charge in [-0.15, -0.1) is 0 Å². The first-order valence-corrected chi connectivity index (χ1v) is 11.0. The van der Waals surface area contributed by atoms with Crippen LogP contribution < -0.4 is 9.64 Å². The molecule has 4 rings (SSSR count). The largest absolute Gasteiger partial charge is 0.491 e. The second-order valence-corrected chi connectivity index (χ2v) is 9.14. The van der Waals surface area contributed by atoms with Crippen molar-refractivity contribution in [3.8, 4) is 5.75 Å². The highest BCUT2D eigenvalue weighted by molar-refractivity contribution is 5.96. The van der Waals surface area contributed by atoms with Crippen LogP contribution in [0.4, 0.5) is 5.69 Å². The van der Waals surface area contributed by atoms with E-state index in [-0.39, 0.29) is 12.5 Å². The molecule has 160 valence electrons. The summed E-state index contributed by atoms with van der Waals surface area (Å²) in [6.07, 6.45) is 3.13. The van der Waals surface area contributed by atoms with Gasteiger partial charge in [0.25, 0.3) is 0 Å². The van der Waals surface area contributed by atoms with E-state index in [0.29, 0.717) is 24.6 Å². The minimum atomic E-state index is -0.515. The molecule has 0 radical (unpaired) electrons. The Hall–Kier alpha value is -2.37. The zero-order valence-electron chi connectivity index (χ0n) is 18.1. The molecule has 5 nitrogen and oxygen atoms in total. The van der Waals surface area contributed by atoms with E-state index in [1.54, 1.807) is 4.90 Å². The molecule has 2 aromatic carbocycles. The number of aliphatic hydroxyl groups is 1. The number of likely N-dealkylation sites (tertiary alicyclic amines) is 1. The number of likely N-dealkylation sites (N-methyl/N-ethyl adjacent to an activating group) is 1. The lowest BCUT2D eigenvalue weighted by molar-refractivity contribution is -0.917. The Kier molecular flexibility index (Phi) is 6.11. The van der Waals surface area contributed by atoms with E-state index in [0.717, 1.165) is 42.5 Å². The van der Waals surface area contributed by atoms with Crippen LogP contribution in [0.25, 0.3) is 0 Å². The van der Waals surface area contributed by atoms with Gasteiger partial charge in [-0.1, -0.05) is 36.4 Å². The molecular weight excluding hydrogens is 376 g/mol. The first-order chi connectivity index (χ1) is 14.4. The smallest absolute Gasteiger partial charge is 0.227 e. The van der Waals surface area contributed by atoms with Crippen molar-refractivity contribution in [3.05, 3.63) is 59.7 Å². The number of amides is 1. The maximum absolute atomic E-state index is 11.9. The van der Waals surface area contributed by atoms with Gasteiger partial charge in [0.15, 0.2) is 0 Å². The van der Waals surface area contributed by atoms with Crippen LogP contribution in [0.15, 0.2) is 48.5 Å². The van der Waals surface area contributed by atoms with Crippen LogP contribution in [0, 0.1) is 0 Å². The Labute approximate surface area is 179 Å². The number of carbonyl (C=O) groups is 1. The summed E-state index contributed by atoms with van der Waals surface area (Å²) in [5, 5.41) is 10.6. The van der Waals surface area contributed by atoms with Crippen molar-refractivity contribution in [1.29, 1.82) is 0 Å². The molecule has 1 amide bonds. The van der Waals surface area contributed by atoms with Gasteiger partial charge in [-0.05, 0) is 29.5 Å². The molecule has 0 saturated carbocycles. The minimum absolute atomic E-state index is 0.135. The lowest BCUT2D eigenvalue weighted by Crippen LogP contribution is -2.54. The Balaban J connectivity index is 1.29. The molecule has 2 aliphatic heterocycles. The minimum Gasteiger partial charge on any atom is -0.491 e. The standard InChI is InChI=1S/C25H33N2O3/c1-26-24-16-23(10-8-21(24)9-11-25(26)29)30-18-22(28)17-27(2)14-12-20(13-15-27)19-6-4-3-5-7-19/h3-8,10,16,20,22,28H,9,11-15,17-18H2,1-2H3/q+1. The predicted octanol–water partition coefficient (Wildman–Crippen LogP) is 3.36. The summed E-state index contributed by atoms with van der Waals surface area (Å²) in [4.78, 5) is 13.6. The molecule has 1 unspecified atom stereocenters. The van der Waals surface area contributed by atoms with Crippen molar-refractivity contribution >= 4 is 11.6 Å². The van der Waals surface area contributed by atoms with E-state index in [4.69, 9.17) is 4.74 Å². The van der Waals surface area contributed by atoms with E-state index in [9.17, 15) is 9.90 Å². The lowest BCUT2D eigenvalue weighted by atomic mass is 9.88. The van der Waals surface area contributed by atoms with Crippen LogP contribution in [0.3, 0.4) is 0 Å². The zero-order chi connectivity index (χ0) is 21.1. The number of aryl methyl sites for hydroxylation is 1. The van der Waals surface area contributed by atoms with Gasteiger partial charge in [-0.25, -0.2) is 0 Å². The maximum Gasteiger partial charge on any atom is 0.227 e. The summed E-state index contributed by atoms with van der Waals surface area (Å²) >= 11 is 0. The molecule has 1 saturated heterocycles. The molecule has 2 heterocycles. The number of piperidine rings is 1. The number of nitrogens with zero attached hydrogens (tertiary/aromatic N) is 2. The van der Waals surface area contributed by atoms with E-state index in [1.165, 1.54) is 11.1 Å². The SMILES string of the molecule is CN1C(=O)CCc2ccc(OCC(O)C[N+]3(C)CCC(c4ccccc4)CC3)cc21. The van der Waals surface area contributed by atoms with Crippen LogP contribution in [-0.2, 0) is 11.2 Å². The zero-order valence-corrected chi connectivity index (χ0v) is 18.1. The fourth-order valence-electron chi connectivity index (χ4n) is 4.89. The van der Waals surface area contributed by atoms with Crippen LogP contribution in [-0.4, -0.2) is 61.9 Å². The average Bonchev–Trinajstić information content (AvgIpc) is 2.76. The lowest BCUT2D eigenvalue weighted by Gasteiger charge is -2.41. The Bertz CT molecular complexity index is 875. The Morgan fingerprint density at radius 3 is 2.60 bits per heavy atom. The molecule has 0 aromatic heterocycles. The number of aliphatic hydroxyl groups excluding tert-OH is 1. The summed E-state index contributed by atoms with van der Waals surface area (Å²) in [6.45, 7) is 3.11. The van der Waals surface area contributed by atoms with Gasteiger partial charge in [-0.2, -0.15) is 0 Å². The van der Waals surface area contributed by atoms with Crippen LogP contribution in [0.1, 0.15) is 36.3 Å². The second-order valence-electron chi connectivity index (χ2n) is 9.14. The van der Waals surface area contributed by atoms with Gasteiger partial charge in [0, 0.05) is 32.4 Å². The predicted molar refractivity (Wildman–Crippen MR) is 119 cm³/mol. The third kappa shape index (κ3) is 4.68. The molecule has 1 atom stereocenters. The number of benzene rings is 2. The number of rotatable bonds is 6. The quantitative estimate of drug-likeness (QED) is 0.745. The van der Waals surface area contributed by atoms with Gasteiger partial charge < -0.3 is 19.2 Å². The molecule has 2 aromatic rings. The number of fused-ring (bicyclic) bond motifs is 1. The fraction of sp³-hybridized carbons (Fsp3) is 0.480. The second kappa shape index (κ2) is 8.78. The van der Waals surface area contributed by atoms with Crippen molar-refractivity contribution < 1.29 is 19.1 Å². The van der Waals surface area contributed by atoms with Gasteiger partial charge in [0.05, 0.1) is 25.8 Å². The molecule has 30 heavy (non-hydrogen) atoms. The monoisotopic (exact) mass is 409 g/mol. The number of ether oxygens (including phenoxy) is 1. The highest BCUT2D eigenvalue weighted by Crippen LogP contribution is 2.32. The van der Waals surface area contributed by atoms with E-state index < -0.39 is 6.10 Å². The topological polar surface area (TPSA) is 49.8 Å². The molecule has 5 heteroatoms. The van der Waals surface area contributed by atoms with E-state index >= 15 is 0 Å². The summed E-state index contributed by atoms with van der Waals surface area (Å²) in [6, 6.07) is 16.7. The van der Waals surface area contributed by atoms with Gasteiger partial charge in [0.1, 0.15) is 25.0 Å². The summed E-state index contributed by atoms with van der Waals surface area (Å²) in [7, 11) is 4.05. The molecule has 0 spiro atoms. The van der Waals surface area contributed by atoms with Crippen molar-refractivity contribution in [1.82, 2.24) is 0 Å². The highest BCUT2D eigenvalue weighted by atomic mass is 16.5. The maximum atomic E-state index is 11.9. The fourth-order valence-corrected chi connectivity index (χ4v) is 4.89.